The van der Waals surface area contributed by atoms with E-state index in [1.165, 1.54) is 0 Å². The van der Waals surface area contributed by atoms with E-state index in [1.807, 2.05) is 13.2 Å². The van der Waals surface area contributed by atoms with Crippen molar-refractivity contribution in [3.63, 3.8) is 0 Å². The zero-order chi connectivity index (χ0) is 12.0. The number of imidazole rings is 1. The van der Waals surface area contributed by atoms with Gasteiger partial charge in [-0.05, 0) is 12.0 Å². The molecule has 0 aromatic carbocycles. The number of carbonyl (C=O) groups excluding carboxylic acids is 1. The first kappa shape index (κ1) is 10.1. The zero-order valence-electron chi connectivity index (χ0n) is 9.42. The first-order valence-electron chi connectivity index (χ1n) is 5.42. The predicted octanol–water partition coefficient (Wildman–Crippen LogP) is 0.0538. The smallest absolute Gasteiger partial charge is 0.230 e. The fourth-order valence-corrected chi connectivity index (χ4v) is 2.49. The number of carbonyl (C=O) groups is 1. The summed E-state index contributed by atoms with van der Waals surface area (Å²) in [6.07, 6.45) is 7.66. The molecule has 2 atom stereocenters. The summed E-state index contributed by atoms with van der Waals surface area (Å²) < 4.78 is 1.73. The maximum absolute atomic E-state index is 11.7. The molecule has 2 aromatic rings. The standard InChI is InChI=1S/C11H13N5O/c1-16-5-7(3-15-16)8-2-11(8,10(12)17)9-4-13-6-14-9/h3-6,8H,2H2,1H3,(H2,12,17)(H,13,14). The van der Waals surface area contributed by atoms with Crippen LogP contribution in [0.5, 0.6) is 0 Å². The van der Waals surface area contributed by atoms with Gasteiger partial charge in [0.05, 0.1) is 23.6 Å². The number of hydrogen-bond donors (Lipinski definition) is 2. The van der Waals surface area contributed by atoms with Gasteiger partial charge in [-0.2, -0.15) is 5.10 Å². The van der Waals surface area contributed by atoms with Gasteiger partial charge in [0.15, 0.2) is 0 Å². The minimum absolute atomic E-state index is 0.106. The Labute approximate surface area is 97.8 Å². The molecule has 3 rings (SSSR count). The third kappa shape index (κ3) is 1.30. The topological polar surface area (TPSA) is 89.6 Å². The average Bonchev–Trinajstić information content (AvgIpc) is 2.67. The summed E-state index contributed by atoms with van der Waals surface area (Å²) in [6, 6.07) is 0. The summed E-state index contributed by atoms with van der Waals surface area (Å²) in [5.41, 5.74) is 6.75. The summed E-state index contributed by atoms with van der Waals surface area (Å²) in [4.78, 5) is 18.7. The van der Waals surface area contributed by atoms with Gasteiger partial charge in [-0.25, -0.2) is 4.98 Å². The number of H-pyrrole nitrogens is 1. The van der Waals surface area contributed by atoms with E-state index < -0.39 is 5.41 Å². The molecule has 0 saturated heterocycles. The number of rotatable bonds is 3. The van der Waals surface area contributed by atoms with E-state index in [-0.39, 0.29) is 11.8 Å². The summed E-state index contributed by atoms with van der Waals surface area (Å²) in [6.45, 7) is 0. The first-order chi connectivity index (χ1) is 8.14. The Morgan fingerprint density at radius 3 is 3.00 bits per heavy atom. The van der Waals surface area contributed by atoms with Gasteiger partial charge in [0.2, 0.25) is 5.91 Å². The Kier molecular flexibility index (Phi) is 1.89. The molecule has 6 nitrogen and oxygen atoms in total. The molecule has 2 unspecified atom stereocenters. The van der Waals surface area contributed by atoms with E-state index in [0.717, 1.165) is 17.7 Å². The van der Waals surface area contributed by atoms with Crippen molar-refractivity contribution >= 4 is 5.91 Å². The fraction of sp³-hybridized carbons (Fsp3) is 0.364. The van der Waals surface area contributed by atoms with Crippen molar-refractivity contribution in [3.8, 4) is 0 Å². The van der Waals surface area contributed by atoms with Crippen molar-refractivity contribution in [2.24, 2.45) is 12.8 Å². The Morgan fingerprint density at radius 1 is 1.65 bits per heavy atom. The number of amides is 1. The minimum Gasteiger partial charge on any atom is -0.369 e. The molecule has 0 spiro atoms. The van der Waals surface area contributed by atoms with Crippen LogP contribution >= 0.6 is 0 Å². The summed E-state index contributed by atoms with van der Waals surface area (Å²) >= 11 is 0. The lowest BCUT2D eigenvalue weighted by atomic mass is 9.96. The van der Waals surface area contributed by atoms with E-state index >= 15 is 0 Å². The zero-order valence-corrected chi connectivity index (χ0v) is 9.42. The Balaban J connectivity index is 1.99. The van der Waals surface area contributed by atoms with Crippen LogP contribution in [0.2, 0.25) is 0 Å². The molecular weight excluding hydrogens is 218 g/mol. The molecule has 0 aliphatic heterocycles. The predicted molar refractivity (Wildman–Crippen MR) is 60.0 cm³/mol. The lowest BCUT2D eigenvalue weighted by molar-refractivity contribution is -0.120. The molecule has 3 N–H and O–H groups in total. The van der Waals surface area contributed by atoms with Gasteiger partial charge in [0.25, 0.3) is 0 Å². The van der Waals surface area contributed by atoms with Crippen LogP contribution in [0.3, 0.4) is 0 Å². The van der Waals surface area contributed by atoms with Crippen LogP contribution in [0, 0.1) is 0 Å². The fourth-order valence-electron chi connectivity index (χ4n) is 2.49. The highest BCUT2D eigenvalue weighted by Crippen LogP contribution is 2.59. The molecule has 2 heterocycles. The number of primary amides is 1. The SMILES string of the molecule is Cn1cc(C2CC2(C(N)=O)c2cnc[nH]2)cn1. The van der Waals surface area contributed by atoms with Crippen molar-refractivity contribution in [1.29, 1.82) is 0 Å². The quantitative estimate of drug-likeness (QED) is 0.782. The molecule has 0 radical (unpaired) electrons. The van der Waals surface area contributed by atoms with Crippen LogP contribution in [0.15, 0.2) is 24.9 Å². The van der Waals surface area contributed by atoms with Gasteiger partial charge in [0, 0.05) is 25.4 Å². The lowest BCUT2D eigenvalue weighted by Gasteiger charge is -2.10. The van der Waals surface area contributed by atoms with Crippen LogP contribution in [0.25, 0.3) is 0 Å². The third-order valence-corrected chi connectivity index (χ3v) is 3.51. The molecule has 6 heteroatoms. The van der Waals surface area contributed by atoms with Crippen molar-refractivity contribution < 1.29 is 4.79 Å². The number of nitrogens with zero attached hydrogens (tertiary/aromatic N) is 3. The summed E-state index contributed by atoms with van der Waals surface area (Å²) in [5.74, 6) is -0.204. The molecule has 1 amide bonds. The third-order valence-electron chi connectivity index (χ3n) is 3.51. The number of nitrogens with one attached hydrogen (secondary N) is 1. The van der Waals surface area contributed by atoms with Gasteiger partial charge in [-0.3, -0.25) is 9.48 Å². The number of nitrogens with two attached hydrogens (primary N) is 1. The van der Waals surface area contributed by atoms with E-state index in [0.29, 0.717) is 0 Å². The highest BCUT2D eigenvalue weighted by molar-refractivity contribution is 5.91. The average molecular weight is 231 g/mol. The van der Waals surface area contributed by atoms with Crippen LogP contribution < -0.4 is 5.73 Å². The second-order valence-electron chi connectivity index (χ2n) is 4.50. The highest BCUT2D eigenvalue weighted by atomic mass is 16.1. The first-order valence-corrected chi connectivity index (χ1v) is 5.42. The van der Waals surface area contributed by atoms with E-state index in [9.17, 15) is 4.79 Å². The van der Waals surface area contributed by atoms with Gasteiger partial charge < -0.3 is 10.7 Å². The molecule has 0 bridgehead atoms. The molecule has 17 heavy (non-hydrogen) atoms. The number of aryl methyl sites for hydroxylation is 1. The highest BCUT2D eigenvalue weighted by Gasteiger charge is 2.62. The molecule has 2 aromatic heterocycles. The minimum atomic E-state index is -0.625. The monoisotopic (exact) mass is 231 g/mol. The van der Waals surface area contributed by atoms with E-state index in [2.05, 4.69) is 15.1 Å². The maximum atomic E-state index is 11.7. The normalized spacial score (nSPS) is 27.0. The van der Waals surface area contributed by atoms with Gasteiger partial charge >= 0.3 is 0 Å². The molecule has 1 aliphatic carbocycles. The summed E-state index contributed by atoms with van der Waals surface area (Å²) in [7, 11) is 1.86. The van der Waals surface area contributed by atoms with Crippen molar-refractivity contribution in [2.45, 2.75) is 17.8 Å². The van der Waals surface area contributed by atoms with Gasteiger partial charge in [0.1, 0.15) is 0 Å². The molecule has 88 valence electrons. The second kappa shape index (κ2) is 3.19. The van der Waals surface area contributed by atoms with E-state index in [4.69, 9.17) is 5.73 Å². The van der Waals surface area contributed by atoms with Crippen molar-refractivity contribution in [2.75, 3.05) is 0 Å². The Morgan fingerprint density at radius 2 is 2.47 bits per heavy atom. The lowest BCUT2D eigenvalue weighted by Crippen LogP contribution is -2.30. The summed E-state index contributed by atoms with van der Waals surface area (Å²) in [5, 5.41) is 4.12. The van der Waals surface area contributed by atoms with E-state index in [1.54, 1.807) is 23.4 Å². The molecule has 1 aliphatic rings. The van der Waals surface area contributed by atoms with Crippen LogP contribution in [0.4, 0.5) is 0 Å². The number of hydrogen-bond acceptors (Lipinski definition) is 3. The number of aromatic nitrogens is 4. The molecule has 1 fully saturated rings. The van der Waals surface area contributed by atoms with Gasteiger partial charge in [-0.15, -0.1) is 0 Å². The van der Waals surface area contributed by atoms with Crippen LogP contribution in [0.1, 0.15) is 23.6 Å². The Bertz CT molecular complexity index is 558. The van der Waals surface area contributed by atoms with Crippen LogP contribution in [-0.2, 0) is 17.3 Å². The van der Waals surface area contributed by atoms with Crippen LogP contribution in [-0.4, -0.2) is 25.7 Å². The van der Waals surface area contributed by atoms with Crippen molar-refractivity contribution in [1.82, 2.24) is 19.7 Å². The Hall–Kier alpha value is -2.11. The second-order valence-corrected chi connectivity index (χ2v) is 4.50. The van der Waals surface area contributed by atoms with Crippen molar-refractivity contribution in [3.05, 3.63) is 36.2 Å². The maximum Gasteiger partial charge on any atom is 0.230 e. The number of aromatic amines is 1. The molecular formula is C11H13N5O. The molecule has 1 saturated carbocycles. The largest absolute Gasteiger partial charge is 0.369 e. The van der Waals surface area contributed by atoms with Gasteiger partial charge in [-0.1, -0.05) is 0 Å².